The van der Waals surface area contributed by atoms with E-state index >= 15 is 0 Å². The number of piperazine rings is 1. The van der Waals surface area contributed by atoms with Crippen LogP contribution in [0.4, 0.5) is 5.69 Å². The van der Waals surface area contributed by atoms with E-state index in [1.54, 1.807) is 12.1 Å². The number of nitro benzene ring substituents is 1. The molecule has 23 heavy (non-hydrogen) atoms. The van der Waals surface area contributed by atoms with Gasteiger partial charge in [0.2, 0.25) is 0 Å². The Morgan fingerprint density at radius 1 is 1.13 bits per heavy atom. The van der Waals surface area contributed by atoms with Crippen molar-refractivity contribution in [3.63, 3.8) is 0 Å². The number of hydrogen-bond donors (Lipinski definition) is 1. The molecule has 1 aliphatic rings. The van der Waals surface area contributed by atoms with Crippen LogP contribution < -0.4 is 5.32 Å². The predicted octanol–water partition coefficient (Wildman–Crippen LogP) is 3.82. The summed E-state index contributed by atoms with van der Waals surface area (Å²) < 4.78 is 0. The van der Waals surface area contributed by atoms with Crippen molar-refractivity contribution in [3.05, 3.63) is 39.9 Å². The number of nitro groups is 1. The zero-order valence-corrected chi connectivity index (χ0v) is 15.4. The lowest BCUT2D eigenvalue weighted by Crippen LogP contribution is -2.45. The van der Waals surface area contributed by atoms with Crippen molar-refractivity contribution >= 4 is 30.5 Å². The second-order valence-electron chi connectivity index (χ2n) is 6.12. The molecule has 132 valence electrons. The van der Waals surface area contributed by atoms with Crippen LogP contribution >= 0.6 is 24.8 Å². The van der Waals surface area contributed by atoms with Gasteiger partial charge in [0.25, 0.3) is 5.69 Å². The molecule has 1 heterocycles. The lowest BCUT2D eigenvalue weighted by Gasteiger charge is -2.35. The fourth-order valence-corrected chi connectivity index (χ4v) is 2.86. The van der Waals surface area contributed by atoms with Crippen molar-refractivity contribution < 1.29 is 4.92 Å². The van der Waals surface area contributed by atoms with Gasteiger partial charge in [-0.25, -0.2) is 0 Å². The van der Waals surface area contributed by atoms with Crippen LogP contribution in [0.5, 0.6) is 0 Å². The fraction of sp³-hybridized carbons (Fsp3) is 0.625. The van der Waals surface area contributed by atoms with Crippen LogP contribution in [0, 0.1) is 16.0 Å². The summed E-state index contributed by atoms with van der Waals surface area (Å²) in [6, 6.07) is 7.46. The smallest absolute Gasteiger partial charge is 0.269 e. The molecule has 0 bridgehead atoms. The van der Waals surface area contributed by atoms with Crippen LogP contribution in [0.15, 0.2) is 24.3 Å². The summed E-state index contributed by atoms with van der Waals surface area (Å²) in [7, 11) is 0. The van der Waals surface area contributed by atoms with E-state index in [2.05, 4.69) is 24.1 Å². The lowest BCUT2D eigenvalue weighted by atomic mass is 9.95. The molecule has 1 N–H and O–H groups in total. The number of halogens is 2. The molecule has 0 amide bonds. The van der Waals surface area contributed by atoms with Gasteiger partial charge in [0.1, 0.15) is 0 Å². The summed E-state index contributed by atoms with van der Waals surface area (Å²) in [6.07, 6.45) is 2.28. The maximum absolute atomic E-state index is 10.8. The molecule has 1 fully saturated rings. The Morgan fingerprint density at radius 3 is 2.17 bits per heavy atom. The Balaban J connectivity index is 0.00000242. The number of non-ortho nitro benzene ring substituents is 1. The highest BCUT2D eigenvalue weighted by Crippen LogP contribution is 2.29. The molecule has 2 rings (SSSR count). The second-order valence-corrected chi connectivity index (χ2v) is 6.12. The molecule has 0 radical (unpaired) electrons. The van der Waals surface area contributed by atoms with E-state index < -0.39 is 0 Å². The van der Waals surface area contributed by atoms with Gasteiger partial charge in [0, 0.05) is 44.4 Å². The first kappa shape index (κ1) is 22.1. The highest BCUT2D eigenvalue weighted by atomic mass is 35.5. The van der Waals surface area contributed by atoms with Crippen LogP contribution in [0.3, 0.4) is 0 Å². The van der Waals surface area contributed by atoms with Crippen molar-refractivity contribution in [2.45, 2.75) is 32.7 Å². The summed E-state index contributed by atoms with van der Waals surface area (Å²) in [4.78, 5) is 13.0. The molecule has 0 aromatic heterocycles. The predicted molar refractivity (Wildman–Crippen MR) is 98.8 cm³/mol. The topological polar surface area (TPSA) is 58.4 Å². The molecule has 0 aliphatic carbocycles. The minimum Gasteiger partial charge on any atom is -0.314 e. The molecule has 1 atom stereocenters. The molecule has 7 heteroatoms. The minimum absolute atomic E-state index is 0. The Labute approximate surface area is 150 Å². The average Bonchev–Trinajstić information content (AvgIpc) is 2.49. The molecular formula is C16H27Cl2N3O2. The van der Waals surface area contributed by atoms with Gasteiger partial charge in [0.05, 0.1) is 4.92 Å². The third-order valence-electron chi connectivity index (χ3n) is 4.10. The SMILES string of the molecule is CC(C)CC[C@@H](c1ccc([N+](=O)[O-])cc1)N1CCNCC1.Cl.Cl. The molecule has 1 aliphatic heterocycles. The Hall–Kier alpha value is -0.880. The van der Waals surface area contributed by atoms with E-state index in [-0.39, 0.29) is 35.4 Å². The van der Waals surface area contributed by atoms with E-state index in [4.69, 9.17) is 0 Å². The van der Waals surface area contributed by atoms with E-state index in [1.165, 1.54) is 12.0 Å². The second kappa shape index (κ2) is 10.8. The van der Waals surface area contributed by atoms with Gasteiger partial charge in [-0.05, 0) is 24.3 Å². The van der Waals surface area contributed by atoms with E-state index in [9.17, 15) is 10.1 Å². The number of hydrogen-bond acceptors (Lipinski definition) is 4. The largest absolute Gasteiger partial charge is 0.314 e. The molecule has 1 aromatic carbocycles. The maximum Gasteiger partial charge on any atom is 0.269 e. The minimum atomic E-state index is -0.336. The molecule has 1 aromatic rings. The average molecular weight is 364 g/mol. The molecule has 5 nitrogen and oxygen atoms in total. The summed E-state index contributed by atoms with van der Waals surface area (Å²) in [6.45, 7) is 8.60. The first-order valence-corrected chi connectivity index (χ1v) is 7.77. The third kappa shape index (κ3) is 6.63. The molecule has 0 saturated carbocycles. The van der Waals surface area contributed by atoms with Crippen LogP contribution in [0.25, 0.3) is 0 Å². The Morgan fingerprint density at radius 2 is 1.70 bits per heavy atom. The number of rotatable bonds is 6. The first-order valence-electron chi connectivity index (χ1n) is 7.77. The van der Waals surface area contributed by atoms with Gasteiger partial charge in [0.15, 0.2) is 0 Å². The van der Waals surface area contributed by atoms with Crippen LogP contribution in [0.2, 0.25) is 0 Å². The number of nitrogens with zero attached hydrogens (tertiary/aromatic N) is 2. The highest BCUT2D eigenvalue weighted by molar-refractivity contribution is 5.85. The maximum atomic E-state index is 10.8. The third-order valence-corrected chi connectivity index (χ3v) is 4.10. The quantitative estimate of drug-likeness (QED) is 0.616. The van der Waals surface area contributed by atoms with Crippen LogP contribution in [0.1, 0.15) is 38.3 Å². The van der Waals surface area contributed by atoms with Crippen molar-refractivity contribution in [1.82, 2.24) is 10.2 Å². The van der Waals surface area contributed by atoms with Crippen molar-refractivity contribution in [2.75, 3.05) is 26.2 Å². The monoisotopic (exact) mass is 363 g/mol. The Kier molecular flexibility index (Phi) is 10.4. The van der Waals surface area contributed by atoms with E-state index in [0.717, 1.165) is 32.6 Å². The van der Waals surface area contributed by atoms with Gasteiger partial charge in [-0.2, -0.15) is 0 Å². The molecule has 1 saturated heterocycles. The van der Waals surface area contributed by atoms with Gasteiger partial charge in [-0.15, -0.1) is 24.8 Å². The first-order chi connectivity index (χ1) is 10.1. The summed E-state index contributed by atoms with van der Waals surface area (Å²) >= 11 is 0. The van der Waals surface area contributed by atoms with Crippen LogP contribution in [-0.4, -0.2) is 36.0 Å². The van der Waals surface area contributed by atoms with Crippen LogP contribution in [-0.2, 0) is 0 Å². The van der Waals surface area contributed by atoms with Gasteiger partial charge >= 0.3 is 0 Å². The Bertz CT molecular complexity index is 463. The van der Waals surface area contributed by atoms with Gasteiger partial charge in [-0.1, -0.05) is 26.0 Å². The fourth-order valence-electron chi connectivity index (χ4n) is 2.86. The normalized spacial score (nSPS) is 16.3. The van der Waals surface area contributed by atoms with Gasteiger partial charge < -0.3 is 5.32 Å². The van der Waals surface area contributed by atoms with Gasteiger partial charge in [-0.3, -0.25) is 15.0 Å². The van der Waals surface area contributed by atoms with E-state index in [1.807, 2.05) is 12.1 Å². The van der Waals surface area contributed by atoms with Crippen molar-refractivity contribution in [1.29, 1.82) is 0 Å². The summed E-state index contributed by atoms with van der Waals surface area (Å²) in [5.41, 5.74) is 1.37. The highest BCUT2D eigenvalue weighted by Gasteiger charge is 2.22. The number of nitrogens with one attached hydrogen (secondary N) is 1. The lowest BCUT2D eigenvalue weighted by molar-refractivity contribution is -0.384. The molecule has 0 unspecified atom stereocenters. The molecule has 0 spiro atoms. The van der Waals surface area contributed by atoms with Crippen molar-refractivity contribution in [3.8, 4) is 0 Å². The number of benzene rings is 1. The zero-order chi connectivity index (χ0) is 15.2. The standard InChI is InChI=1S/C16H25N3O2.2ClH/c1-13(2)3-8-16(18-11-9-17-10-12-18)14-4-6-15(7-5-14)19(20)21;;/h4-7,13,16-17H,3,8-12H2,1-2H3;2*1H/t16-;;/m0../s1. The zero-order valence-electron chi connectivity index (χ0n) is 13.7. The molecular weight excluding hydrogens is 337 g/mol. The summed E-state index contributed by atoms with van der Waals surface area (Å²) in [5.74, 6) is 0.675. The van der Waals surface area contributed by atoms with E-state index in [0.29, 0.717) is 12.0 Å². The van der Waals surface area contributed by atoms with Crippen molar-refractivity contribution in [2.24, 2.45) is 5.92 Å². The summed E-state index contributed by atoms with van der Waals surface area (Å²) in [5, 5.41) is 14.2.